The van der Waals surface area contributed by atoms with E-state index in [0.717, 1.165) is 28.7 Å². The van der Waals surface area contributed by atoms with Crippen LogP contribution in [0.4, 0.5) is 0 Å². The molecule has 0 saturated heterocycles. The lowest BCUT2D eigenvalue weighted by Crippen LogP contribution is -2.25. The Kier molecular flexibility index (Phi) is 2.61. The fraction of sp³-hybridized carbons (Fsp3) is 0.438. The van der Waals surface area contributed by atoms with Crippen molar-refractivity contribution in [3.8, 4) is 0 Å². The highest BCUT2D eigenvalue weighted by Crippen LogP contribution is 2.51. The average molecular weight is 271 g/mol. The van der Waals surface area contributed by atoms with Crippen molar-refractivity contribution in [3.63, 3.8) is 0 Å². The summed E-state index contributed by atoms with van der Waals surface area (Å²) in [4.78, 5) is 0. The van der Waals surface area contributed by atoms with Gasteiger partial charge in [-0.15, -0.1) is 0 Å². The van der Waals surface area contributed by atoms with Crippen molar-refractivity contribution in [2.24, 2.45) is 0 Å². The van der Waals surface area contributed by atoms with Gasteiger partial charge in [0, 0.05) is 6.42 Å². The summed E-state index contributed by atoms with van der Waals surface area (Å²) >= 11 is 0. The van der Waals surface area contributed by atoms with Crippen molar-refractivity contribution in [2.75, 3.05) is 0 Å². The summed E-state index contributed by atoms with van der Waals surface area (Å²) < 4.78 is 5.94. The van der Waals surface area contributed by atoms with Gasteiger partial charge in [0.15, 0.2) is 0 Å². The fourth-order valence-corrected chi connectivity index (χ4v) is 3.76. The normalized spacial score (nSPS) is 33.1. The third kappa shape index (κ3) is 1.50. The number of rotatable bonds is 2. The molecule has 3 aliphatic rings. The van der Waals surface area contributed by atoms with Crippen LogP contribution in [0.3, 0.4) is 0 Å². The molecule has 0 spiro atoms. The molecule has 4 heteroatoms. The van der Waals surface area contributed by atoms with Crippen LogP contribution in [0.1, 0.15) is 46.4 Å². The van der Waals surface area contributed by atoms with Crippen LogP contribution in [0.2, 0.25) is 0 Å². The van der Waals surface area contributed by atoms with E-state index in [1.165, 1.54) is 11.8 Å². The number of aryl methyl sites for hydroxylation is 1. The standard InChI is InChI=1S/C16H17NO3/c17-6-5-8-7-9-1-3-11(18)15-13(9)14-10(8)2-4-12(19)16(14)20-15/h2,4,6-7,11-12,15-19H,1,3,5H2. The Hall–Kier alpha value is -1.49. The molecule has 1 aromatic carbocycles. The predicted octanol–water partition coefficient (Wildman–Crippen LogP) is 1.69. The SMILES string of the molecule is N=CCc1cc2c3c4c1C=CC(O)C4OC3C(O)CC2. The Morgan fingerprint density at radius 2 is 2.15 bits per heavy atom. The first kappa shape index (κ1) is 12.3. The summed E-state index contributed by atoms with van der Waals surface area (Å²) in [6.45, 7) is 0. The molecule has 1 aromatic rings. The van der Waals surface area contributed by atoms with E-state index < -0.39 is 12.2 Å². The summed E-state index contributed by atoms with van der Waals surface area (Å²) in [5.74, 6) is 0. The second kappa shape index (κ2) is 4.25. The lowest BCUT2D eigenvalue weighted by Gasteiger charge is -2.27. The Morgan fingerprint density at radius 1 is 1.30 bits per heavy atom. The monoisotopic (exact) mass is 271 g/mol. The van der Waals surface area contributed by atoms with Crippen molar-refractivity contribution in [2.45, 2.75) is 43.7 Å². The van der Waals surface area contributed by atoms with E-state index in [0.29, 0.717) is 12.8 Å². The molecule has 2 aliphatic carbocycles. The van der Waals surface area contributed by atoms with E-state index in [2.05, 4.69) is 6.07 Å². The Bertz CT molecular complexity index is 623. The third-order valence-corrected chi connectivity index (χ3v) is 4.63. The van der Waals surface area contributed by atoms with E-state index in [1.807, 2.05) is 6.08 Å². The van der Waals surface area contributed by atoms with Crippen LogP contribution in [0.15, 0.2) is 12.1 Å². The molecule has 4 nitrogen and oxygen atoms in total. The quantitative estimate of drug-likeness (QED) is 0.717. The van der Waals surface area contributed by atoms with Gasteiger partial charge in [-0.05, 0) is 46.9 Å². The molecule has 104 valence electrons. The topological polar surface area (TPSA) is 73.5 Å². The fourth-order valence-electron chi connectivity index (χ4n) is 3.76. The molecule has 20 heavy (non-hydrogen) atoms. The lowest BCUT2D eigenvalue weighted by atomic mass is 9.78. The van der Waals surface area contributed by atoms with Crippen LogP contribution in [-0.4, -0.2) is 28.6 Å². The molecule has 4 unspecified atom stereocenters. The van der Waals surface area contributed by atoms with Gasteiger partial charge in [0.05, 0.1) is 6.10 Å². The minimum absolute atomic E-state index is 0.305. The number of aliphatic hydroxyl groups is 2. The smallest absolute Gasteiger partial charge is 0.114 e. The van der Waals surface area contributed by atoms with Gasteiger partial charge < -0.3 is 20.4 Å². The van der Waals surface area contributed by atoms with Gasteiger partial charge in [0.1, 0.15) is 18.3 Å². The molecule has 4 atom stereocenters. The Balaban J connectivity index is 1.99. The molecule has 1 heterocycles. The highest BCUT2D eigenvalue weighted by molar-refractivity contribution is 5.71. The second-order valence-corrected chi connectivity index (χ2v) is 5.78. The maximum atomic E-state index is 10.2. The van der Waals surface area contributed by atoms with Gasteiger partial charge >= 0.3 is 0 Å². The number of ether oxygens (including phenoxy) is 1. The largest absolute Gasteiger partial charge is 0.390 e. The number of benzene rings is 1. The Labute approximate surface area is 117 Å². The van der Waals surface area contributed by atoms with Gasteiger partial charge in [0.2, 0.25) is 0 Å². The molecule has 0 fully saturated rings. The predicted molar refractivity (Wildman–Crippen MR) is 74.9 cm³/mol. The van der Waals surface area contributed by atoms with Crippen LogP contribution < -0.4 is 0 Å². The Morgan fingerprint density at radius 3 is 2.95 bits per heavy atom. The van der Waals surface area contributed by atoms with Crippen molar-refractivity contribution in [1.82, 2.24) is 0 Å². The molecular formula is C16H17NO3. The van der Waals surface area contributed by atoms with Crippen molar-refractivity contribution in [1.29, 1.82) is 5.41 Å². The van der Waals surface area contributed by atoms with E-state index in [9.17, 15) is 10.2 Å². The van der Waals surface area contributed by atoms with E-state index in [4.69, 9.17) is 10.1 Å². The second-order valence-electron chi connectivity index (χ2n) is 5.78. The van der Waals surface area contributed by atoms with Crippen molar-refractivity contribution >= 4 is 12.3 Å². The zero-order valence-electron chi connectivity index (χ0n) is 11.0. The van der Waals surface area contributed by atoms with Gasteiger partial charge in [-0.2, -0.15) is 0 Å². The molecule has 0 aromatic heterocycles. The zero-order valence-corrected chi connectivity index (χ0v) is 11.0. The van der Waals surface area contributed by atoms with Gasteiger partial charge in [0.25, 0.3) is 0 Å². The maximum absolute atomic E-state index is 10.2. The molecule has 0 amide bonds. The van der Waals surface area contributed by atoms with E-state index in [1.54, 1.807) is 6.08 Å². The third-order valence-electron chi connectivity index (χ3n) is 4.63. The van der Waals surface area contributed by atoms with Crippen molar-refractivity contribution < 1.29 is 14.9 Å². The van der Waals surface area contributed by atoms with Crippen LogP contribution in [0.5, 0.6) is 0 Å². The first-order chi connectivity index (χ1) is 9.70. The zero-order chi connectivity index (χ0) is 13.9. The minimum Gasteiger partial charge on any atom is -0.390 e. The van der Waals surface area contributed by atoms with Crippen LogP contribution >= 0.6 is 0 Å². The maximum Gasteiger partial charge on any atom is 0.114 e. The molecule has 0 radical (unpaired) electrons. The molecule has 3 N–H and O–H groups in total. The molecule has 1 aliphatic heterocycles. The molecule has 0 saturated carbocycles. The van der Waals surface area contributed by atoms with Crippen LogP contribution in [-0.2, 0) is 17.6 Å². The van der Waals surface area contributed by atoms with Crippen LogP contribution in [0, 0.1) is 5.41 Å². The van der Waals surface area contributed by atoms with Gasteiger partial charge in [-0.25, -0.2) is 0 Å². The minimum atomic E-state index is -0.653. The number of hydrogen-bond donors (Lipinski definition) is 3. The summed E-state index contributed by atoms with van der Waals surface area (Å²) in [5, 5.41) is 27.7. The van der Waals surface area contributed by atoms with E-state index in [-0.39, 0.29) is 12.2 Å². The molecular weight excluding hydrogens is 254 g/mol. The highest BCUT2D eigenvalue weighted by atomic mass is 16.5. The average Bonchev–Trinajstić information content (AvgIpc) is 2.85. The van der Waals surface area contributed by atoms with Crippen molar-refractivity contribution in [3.05, 3.63) is 40.0 Å². The summed E-state index contributed by atoms with van der Waals surface area (Å²) in [5.41, 5.74) is 5.52. The lowest BCUT2D eigenvalue weighted by molar-refractivity contribution is -0.0956. The first-order valence-electron chi connectivity index (χ1n) is 7.08. The number of aliphatic hydroxyl groups excluding tert-OH is 2. The number of hydrogen-bond acceptors (Lipinski definition) is 4. The van der Waals surface area contributed by atoms with Crippen LogP contribution in [0.25, 0.3) is 6.08 Å². The number of nitrogens with one attached hydrogen (secondary N) is 1. The molecule has 0 bridgehead atoms. The summed E-state index contributed by atoms with van der Waals surface area (Å²) in [6.07, 6.45) is 5.39. The molecule has 4 rings (SSSR count). The summed E-state index contributed by atoms with van der Waals surface area (Å²) in [7, 11) is 0. The highest BCUT2D eigenvalue weighted by Gasteiger charge is 2.45. The van der Waals surface area contributed by atoms with Gasteiger partial charge in [-0.1, -0.05) is 18.2 Å². The van der Waals surface area contributed by atoms with E-state index >= 15 is 0 Å². The van der Waals surface area contributed by atoms with Gasteiger partial charge in [-0.3, -0.25) is 0 Å². The summed E-state index contributed by atoms with van der Waals surface area (Å²) in [6, 6.07) is 2.14. The first-order valence-corrected chi connectivity index (χ1v) is 7.08.